The minimum Gasteiger partial charge on any atom is -0.463 e. The van der Waals surface area contributed by atoms with Crippen molar-refractivity contribution >= 4 is 5.97 Å². The maximum Gasteiger partial charge on any atom is 0.305 e. The van der Waals surface area contributed by atoms with Gasteiger partial charge in [-0.2, -0.15) is 0 Å². The molecule has 0 heterocycles. The van der Waals surface area contributed by atoms with Gasteiger partial charge in [0.05, 0.1) is 71.2 Å². The molecule has 1 rings (SSSR count). The number of hydrogen-bond donors (Lipinski definition) is 3. The van der Waals surface area contributed by atoms with E-state index in [4.69, 9.17) is 28.8 Å². The van der Waals surface area contributed by atoms with E-state index in [0.717, 1.165) is 25.7 Å². The maximum atomic E-state index is 12.0. The molecule has 0 aliphatic heterocycles. The molecule has 3 N–H and O–H groups in total. The molecule has 0 aromatic heterocycles. The van der Waals surface area contributed by atoms with Crippen LogP contribution in [0.2, 0.25) is 0 Å². The molecule has 9 nitrogen and oxygen atoms in total. The molecule has 0 saturated heterocycles. The summed E-state index contributed by atoms with van der Waals surface area (Å²) in [5.74, 6) is -0.229. The van der Waals surface area contributed by atoms with Crippen molar-refractivity contribution in [1.82, 2.24) is 0 Å². The molecular formula is C27H52O9. The molecule has 214 valence electrons. The van der Waals surface area contributed by atoms with Crippen molar-refractivity contribution in [2.75, 3.05) is 59.5 Å². The third-order valence-corrected chi connectivity index (χ3v) is 6.56. The Morgan fingerprint density at radius 3 is 2.08 bits per heavy atom. The molecule has 0 aromatic carbocycles. The first-order valence-electron chi connectivity index (χ1n) is 14.1. The topological polar surface area (TPSA) is 124 Å². The molecule has 36 heavy (non-hydrogen) atoms. The van der Waals surface area contributed by atoms with Crippen molar-refractivity contribution in [3.63, 3.8) is 0 Å². The highest BCUT2D eigenvalue weighted by Gasteiger charge is 2.42. The van der Waals surface area contributed by atoms with Gasteiger partial charge < -0.3 is 39.0 Å². The lowest BCUT2D eigenvalue weighted by atomic mass is 9.98. The monoisotopic (exact) mass is 520 g/mol. The normalized spacial score (nSPS) is 20.6. The molecule has 0 spiro atoms. The van der Waals surface area contributed by atoms with Crippen LogP contribution in [0.15, 0.2) is 0 Å². The van der Waals surface area contributed by atoms with E-state index in [2.05, 4.69) is 6.92 Å². The average Bonchev–Trinajstić information content (AvgIpc) is 3.29. The third-order valence-electron chi connectivity index (χ3n) is 6.56. The van der Waals surface area contributed by atoms with E-state index in [9.17, 15) is 15.0 Å². The summed E-state index contributed by atoms with van der Waals surface area (Å²) in [5.41, 5.74) is 0. The van der Waals surface area contributed by atoms with Gasteiger partial charge in [0.15, 0.2) is 0 Å². The fourth-order valence-electron chi connectivity index (χ4n) is 4.73. The van der Waals surface area contributed by atoms with Crippen molar-refractivity contribution in [2.45, 2.75) is 102 Å². The number of aliphatic hydroxyl groups excluding tert-OH is 3. The Bertz CT molecular complexity index is 506. The van der Waals surface area contributed by atoms with Crippen molar-refractivity contribution in [3.8, 4) is 0 Å². The van der Waals surface area contributed by atoms with Crippen LogP contribution in [0.25, 0.3) is 0 Å². The van der Waals surface area contributed by atoms with Crippen LogP contribution in [0.5, 0.6) is 0 Å². The molecule has 1 aliphatic rings. The first-order chi connectivity index (χ1) is 17.7. The molecule has 1 aliphatic carbocycles. The number of esters is 1. The second kappa shape index (κ2) is 23.3. The number of ether oxygens (including phenoxy) is 5. The van der Waals surface area contributed by atoms with Crippen LogP contribution >= 0.6 is 0 Å². The molecule has 0 aromatic rings. The molecule has 1 fully saturated rings. The molecule has 2 unspecified atom stereocenters. The highest BCUT2D eigenvalue weighted by atomic mass is 16.6. The molecule has 0 bridgehead atoms. The van der Waals surface area contributed by atoms with Gasteiger partial charge >= 0.3 is 5.97 Å². The van der Waals surface area contributed by atoms with Gasteiger partial charge in [-0.25, -0.2) is 0 Å². The Morgan fingerprint density at radius 2 is 1.42 bits per heavy atom. The van der Waals surface area contributed by atoms with Crippen LogP contribution in [0.4, 0.5) is 0 Å². The summed E-state index contributed by atoms with van der Waals surface area (Å²) in [7, 11) is 0. The Hall–Kier alpha value is -0.810. The van der Waals surface area contributed by atoms with E-state index in [1.165, 1.54) is 44.9 Å². The van der Waals surface area contributed by atoms with Crippen molar-refractivity contribution < 1.29 is 43.8 Å². The minimum absolute atomic E-state index is 0.0408. The van der Waals surface area contributed by atoms with Crippen LogP contribution < -0.4 is 0 Å². The summed E-state index contributed by atoms with van der Waals surface area (Å²) in [5, 5.41) is 27.5. The summed E-state index contributed by atoms with van der Waals surface area (Å²) in [4.78, 5) is 12.0. The lowest BCUT2D eigenvalue weighted by molar-refractivity contribution is -0.147. The zero-order valence-electron chi connectivity index (χ0n) is 22.4. The van der Waals surface area contributed by atoms with E-state index < -0.39 is 0 Å². The summed E-state index contributed by atoms with van der Waals surface area (Å²) < 4.78 is 28.5. The van der Waals surface area contributed by atoms with Crippen LogP contribution in [0.1, 0.15) is 84.0 Å². The summed E-state index contributed by atoms with van der Waals surface area (Å²) in [6.07, 6.45) is 12.0. The Labute approximate surface area is 217 Å². The average molecular weight is 521 g/mol. The number of hydrogen-bond acceptors (Lipinski definition) is 9. The zero-order valence-corrected chi connectivity index (χ0v) is 22.4. The quantitative estimate of drug-likeness (QED) is 0.123. The van der Waals surface area contributed by atoms with Crippen LogP contribution in [0.3, 0.4) is 0 Å². The fourth-order valence-corrected chi connectivity index (χ4v) is 4.73. The highest BCUT2D eigenvalue weighted by Crippen LogP contribution is 2.34. The van der Waals surface area contributed by atoms with Crippen molar-refractivity contribution in [2.24, 2.45) is 5.92 Å². The van der Waals surface area contributed by atoms with E-state index in [0.29, 0.717) is 6.42 Å². The second-order valence-corrected chi connectivity index (χ2v) is 9.44. The van der Waals surface area contributed by atoms with Gasteiger partial charge in [-0.05, 0) is 19.3 Å². The van der Waals surface area contributed by atoms with Crippen LogP contribution in [0, 0.1) is 5.92 Å². The third kappa shape index (κ3) is 15.4. The van der Waals surface area contributed by atoms with Crippen LogP contribution in [-0.2, 0) is 28.5 Å². The lowest BCUT2D eigenvalue weighted by Gasteiger charge is -2.31. The predicted molar refractivity (Wildman–Crippen MR) is 137 cm³/mol. The number of unbranched alkanes of at least 4 members (excludes halogenated alkanes) is 8. The zero-order chi connectivity index (χ0) is 26.3. The molecule has 0 amide bonds. The Balaban J connectivity index is 2.27. The number of rotatable bonds is 25. The van der Waals surface area contributed by atoms with Gasteiger partial charge in [0.1, 0.15) is 6.61 Å². The molecular weight excluding hydrogens is 468 g/mol. The van der Waals surface area contributed by atoms with E-state index >= 15 is 0 Å². The lowest BCUT2D eigenvalue weighted by Crippen LogP contribution is -2.41. The number of carbonyl (C=O) groups excluding carboxylic acids is 1. The van der Waals surface area contributed by atoms with Crippen molar-refractivity contribution in [1.29, 1.82) is 0 Å². The molecule has 0 radical (unpaired) electrons. The largest absolute Gasteiger partial charge is 0.463 e. The van der Waals surface area contributed by atoms with E-state index in [1.807, 2.05) is 0 Å². The first-order valence-corrected chi connectivity index (χ1v) is 14.1. The summed E-state index contributed by atoms with van der Waals surface area (Å²) in [6.45, 7) is 3.26. The van der Waals surface area contributed by atoms with Gasteiger partial charge in [-0.1, -0.05) is 58.3 Å². The first kappa shape index (κ1) is 33.2. The van der Waals surface area contributed by atoms with E-state index in [1.54, 1.807) is 0 Å². The number of aliphatic hydroxyl groups is 3. The number of carbonyl (C=O) groups is 1. The van der Waals surface area contributed by atoms with Gasteiger partial charge in [-0.15, -0.1) is 0 Å². The Kier molecular flexibility index (Phi) is 21.5. The Morgan fingerprint density at radius 1 is 0.778 bits per heavy atom. The highest BCUT2D eigenvalue weighted by molar-refractivity contribution is 5.69. The maximum absolute atomic E-state index is 12.0. The minimum atomic E-state index is -0.332. The predicted octanol–water partition coefficient (Wildman–Crippen LogP) is 3.01. The molecule has 9 heteroatoms. The summed E-state index contributed by atoms with van der Waals surface area (Å²) in [6, 6.07) is 0. The second-order valence-electron chi connectivity index (χ2n) is 9.44. The van der Waals surface area contributed by atoms with Gasteiger partial charge in [-0.3, -0.25) is 4.79 Å². The molecule has 4 atom stereocenters. The standard InChI is InChI=1S/C27H52O9/c1-2-3-4-5-6-7-8-9-10-11-26(31)35-21-20-32-22-25(34-18-15-29)23-12-13-24(33-17-14-28)27(23)36-19-16-30/h23-25,27-30H,2-22H2,1H3/t23-,24-,25?,27?/m1/s1. The van der Waals surface area contributed by atoms with Crippen LogP contribution in [-0.4, -0.2) is 99.1 Å². The SMILES string of the molecule is CCCCCCCCCCCC(=O)OCCOCC(OCCO)[C@H]1CC[C@@H](OCCO)C1OCCO. The summed E-state index contributed by atoms with van der Waals surface area (Å²) >= 11 is 0. The van der Waals surface area contributed by atoms with Gasteiger partial charge in [0, 0.05) is 12.3 Å². The fraction of sp³-hybridized carbons (Fsp3) is 0.963. The van der Waals surface area contributed by atoms with E-state index in [-0.39, 0.29) is 89.7 Å². The van der Waals surface area contributed by atoms with Gasteiger partial charge in [0.2, 0.25) is 0 Å². The molecule has 1 saturated carbocycles. The smallest absolute Gasteiger partial charge is 0.305 e. The van der Waals surface area contributed by atoms with Gasteiger partial charge in [0.25, 0.3) is 0 Å². The van der Waals surface area contributed by atoms with Crippen molar-refractivity contribution in [3.05, 3.63) is 0 Å².